The van der Waals surface area contributed by atoms with Gasteiger partial charge in [-0.2, -0.15) is 0 Å². The van der Waals surface area contributed by atoms with Crippen LogP contribution in [0.1, 0.15) is 17.7 Å². The first kappa shape index (κ1) is 10.1. The Labute approximate surface area is 78.2 Å². The number of pyridine rings is 1. The maximum absolute atomic E-state index is 11.7. The molecule has 3 heteroatoms. The summed E-state index contributed by atoms with van der Waals surface area (Å²) in [4.78, 5) is 4.16. The molecule has 0 aliphatic rings. The number of aryl methyl sites for hydroxylation is 1. The van der Waals surface area contributed by atoms with Gasteiger partial charge in [-0.05, 0) is 31.5 Å². The number of rotatable bonds is 5. The van der Waals surface area contributed by atoms with Crippen LogP contribution in [0.4, 0.5) is 4.39 Å². The van der Waals surface area contributed by atoms with Crippen LogP contribution in [0, 0.1) is 6.92 Å². The van der Waals surface area contributed by atoms with Gasteiger partial charge in [0, 0.05) is 18.4 Å². The molecule has 0 bridgehead atoms. The number of nitrogens with zero attached hydrogens (tertiary/aromatic N) is 1. The van der Waals surface area contributed by atoms with Crippen LogP contribution in [0.2, 0.25) is 0 Å². The minimum atomic E-state index is -0.251. The summed E-state index contributed by atoms with van der Waals surface area (Å²) in [5.74, 6) is 0. The fourth-order valence-electron chi connectivity index (χ4n) is 1.03. The van der Waals surface area contributed by atoms with Crippen LogP contribution in [0.3, 0.4) is 0 Å². The second-order valence-corrected chi connectivity index (χ2v) is 3.03. The Balaban J connectivity index is 2.25. The lowest BCUT2D eigenvalue weighted by Gasteiger charge is -2.02. The molecule has 0 amide bonds. The number of halogens is 1. The van der Waals surface area contributed by atoms with E-state index in [0.29, 0.717) is 6.42 Å². The lowest BCUT2D eigenvalue weighted by Crippen LogP contribution is -2.15. The van der Waals surface area contributed by atoms with E-state index in [9.17, 15) is 4.39 Å². The van der Waals surface area contributed by atoms with Crippen molar-refractivity contribution >= 4 is 0 Å². The zero-order valence-corrected chi connectivity index (χ0v) is 7.89. The topological polar surface area (TPSA) is 24.9 Å². The van der Waals surface area contributed by atoms with Gasteiger partial charge in [-0.25, -0.2) is 0 Å². The number of nitrogens with one attached hydrogen (secondary N) is 1. The van der Waals surface area contributed by atoms with E-state index in [2.05, 4.69) is 10.3 Å². The molecule has 0 spiro atoms. The minimum absolute atomic E-state index is 0.251. The van der Waals surface area contributed by atoms with Gasteiger partial charge in [0.1, 0.15) is 0 Å². The van der Waals surface area contributed by atoms with Crippen molar-refractivity contribution in [3.63, 3.8) is 0 Å². The maximum Gasteiger partial charge on any atom is 0.0906 e. The largest absolute Gasteiger partial charge is 0.313 e. The molecule has 1 aromatic heterocycles. The third kappa shape index (κ3) is 3.99. The first-order chi connectivity index (χ1) is 6.33. The monoisotopic (exact) mass is 182 g/mol. The van der Waals surface area contributed by atoms with Crippen LogP contribution >= 0.6 is 0 Å². The minimum Gasteiger partial charge on any atom is -0.313 e. The van der Waals surface area contributed by atoms with Crippen molar-refractivity contribution in [1.82, 2.24) is 10.3 Å². The van der Waals surface area contributed by atoms with Gasteiger partial charge >= 0.3 is 0 Å². The lowest BCUT2D eigenvalue weighted by molar-refractivity contribution is 0.459. The Kier molecular flexibility index (Phi) is 4.40. The van der Waals surface area contributed by atoms with Gasteiger partial charge in [0.25, 0.3) is 0 Å². The van der Waals surface area contributed by atoms with Crippen molar-refractivity contribution in [3.8, 4) is 0 Å². The normalized spacial score (nSPS) is 10.3. The molecule has 0 saturated heterocycles. The van der Waals surface area contributed by atoms with E-state index in [-0.39, 0.29) is 6.67 Å². The fraction of sp³-hybridized carbons (Fsp3) is 0.500. The van der Waals surface area contributed by atoms with Gasteiger partial charge in [-0.1, -0.05) is 6.07 Å². The number of alkyl halides is 1. The smallest absolute Gasteiger partial charge is 0.0906 e. The Morgan fingerprint density at radius 2 is 2.31 bits per heavy atom. The number of hydrogen-bond donors (Lipinski definition) is 1. The summed E-state index contributed by atoms with van der Waals surface area (Å²) >= 11 is 0. The van der Waals surface area contributed by atoms with Crippen molar-refractivity contribution in [3.05, 3.63) is 29.6 Å². The van der Waals surface area contributed by atoms with Crippen molar-refractivity contribution in [2.75, 3.05) is 13.2 Å². The van der Waals surface area contributed by atoms with Gasteiger partial charge in [-0.15, -0.1) is 0 Å². The molecule has 0 aliphatic heterocycles. The third-order valence-corrected chi connectivity index (χ3v) is 1.79. The Morgan fingerprint density at radius 3 is 2.92 bits per heavy atom. The maximum atomic E-state index is 11.7. The highest BCUT2D eigenvalue weighted by Gasteiger charge is 1.92. The summed E-state index contributed by atoms with van der Waals surface area (Å²) in [5.41, 5.74) is 2.16. The molecule has 0 atom stereocenters. The van der Waals surface area contributed by atoms with Crippen LogP contribution in [0.25, 0.3) is 0 Å². The van der Waals surface area contributed by atoms with Crippen molar-refractivity contribution < 1.29 is 4.39 Å². The highest BCUT2D eigenvalue weighted by molar-refractivity contribution is 5.12. The molecule has 1 heterocycles. The van der Waals surface area contributed by atoms with Crippen LogP contribution in [0.5, 0.6) is 0 Å². The Bertz CT molecular complexity index is 233. The molecule has 0 unspecified atom stereocenters. The lowest BCUT2D eigenvalue weighted by atomic mass is 10.2. The predicted molar refractivity (Wildman–Crippen MR) is 51.3 cm³/mol. The predicted octanol–water partition coefficient (Wildman–Crippen LogP) is 1.84. The summed E-state index contributed by atoms with van der Waals surface area (Å²) in [5, 5.41) is 3.14. The van der Waals surface area contributed by atoms with Crippen LogP contribution in [0.15, 0.2) is 18.3 Å². The molecule has 1 rings (SSSR count). The summed E-state index contributed by atoms with van der Waals surface area (Å²) in [6.45, 7) is 3.21. The summed E-state index contributed by atoms with van der Waals surface area (Å²) in [7, 11) is 0. The second-order valence-electron chi connectivity index (χ2n) is 3.03. The first-order valence-corrected chi connectivity index (χ1v) is 4.51. The molecule has 0 fully saturated rings. The van der Waals surface area contributed by atoms with Crippen molar-refractivity contribution in [2.45, 2.75) is 19.9 Å². The highest BCUT2D eigenvalue weighted by atomic mass is 19.1. The summed E-state index contributed by atoms with van der Waals surface area (Å²) in [6, 6.07) is 4.01. The fourth-order valence-corrected chi connectivity index (χ4v) is 1.03. The standard InChI is InChI=1S/C10H15FN2/c1-9-3-4-10(8-13-9)7-12-6-2-5-11/h3-4,8,12H,2,5-7H2,1H3. The van der Waals surface area contributed by atoms with Gasteiger partial charge in [0.15, 0.2) is 0 Å². The van der Waals surface area contributed by atoms with Gasteiger partial charge in [-0.3, -0.25) is 9.37 Å². The van der Waals surface area contributed by atoms with Crippen molar-refractivity contribution in [1.29, 1.82) is 0 Å². The quantitative estimate of drug-likeness (QED) is 0.703. The molecule has 0 aromatic carbocycles. The SMILES string of the molecule is Cc1ccc(CNCCCF)cn1. The first-order valence-electron chi connectivity index (χ1n) is 4.51. The van der Waals surface area contributed by atoms with E-state index in [1.807, 2.05) is 25.3 Å². The third-order valence-electron chi connectivity index (χ3n) is 1.79. The van der Waals surface area contributed by atoms with E-state index in [0.717, 1.165) is 24.3 Å². The average Bonchev–Trinajstić information content (AvgIpc) is 2.15. The van der Waals surface area contributed by atoms with Crippen LogP contribution < -0.4 is 5.32 Å². The molecule has 1 aromatic rings. The van der Waals surface area contributed by atoms with E-state index < -0.39 is 0 Å². The molecule has 0 radical (unpaired) electrons. The van der Waals surface area contributed by atoms with E-state index >= 15 is 0 Å². The summed E-state index contributed by atoms with van der Waals surface area (Å²) in [6.07, 6.45) is 2.43. The van der Waals surface area contributed by atoms with Crippen LogP contribution in [-0.2, 0) is 6.54 Å². The van der Waals surface area contributed by atoms with Gasteiger partial charge in [0.05, 0.1) is 6.67 Å². The van der Waals surface area contributed by atoms with E-state index in [1.54, 1.807) is 0 Å². The van der Waals surface area contributed by atoms with Gasteiger partial charge < -0.3 is 5.32 Å². The van der Waals surface area contributed by atoms with Crippen LogP contribution in [-0.4, -0.2) is 18.2 Å². The van der Waals surface area contributed by atoms with Gasteiger partial charge in [0.2, 0.25) is 0 Å². The summed E-state index contributed by atoms with van der Waals surface area (Å²) < 4.78 is 11.7. The van der Waals surface area contributed by atoms with E-state index in [1.165, 1.54) is 0 Å². The molecule has 13 heavy (non-hydrogen) atoms. The molecule has 0 saturated carbocycles. The van der Waals surface area contributed by atoms with E-state index in [4.69, 9.17) is 0 Å². The molecule has 0 aliphatic carbocycles. The molecule has 72 valence electrons. The second kappa shape index (κ2) is 5.65. The number of hydrogen-bond acceptors (Lipinski definition) is 2. The number of aromatic nitrogens is 1. The zero-order chi connectivity index (χ0) is 9.52. The molecule has 1 N–H and O–H groups in total. The highest BCUT2D eigenvalue weighted by Crippen LogP contribution is 1.98. The Morgan fingerprint density at radius 1 is 1.46 bits per heavy atom. The zero-order valence-electron chi connectivity index (χ0n) is 7.89. The van der Waals surface area contributed by atoms with Crippen molar-refractivity contribution in [2.24, 2.45) is 0 Å². The average molecular weight is 182 g/mol. The molecular formula is C10H15FN2. The molecule has 2 nitrogen and oxygen atoms in total. The Hall–Kier alpha value is -0.960. The molecular weight excluding hydrogens is 167 g/mol.